The largest absolute Gasteiger partial charge is 0.380 e. The highest BCUT2D eigenvalue weighted by Gasteiger charge is 2.09. The van der Waals surface area contributed by atoms with Crippen LogP contribution in [0.3, 0.4) is 0 Å². The maximum Gasteiger partial charge on any atom is 0.150 e. The van der Waals surface area contributed by atoms with E-state index in [0.29, 0.717) is 11.0 Å². The molecule has 16 heavy (non-hydrogen) atoms. The fraction of sp³-hybridized carbons (Fsp3) is 0.455. The number of hydrogen-bond acceptors (Lipinski definition) is 2. The van der Waals surface area contributed by atoms with Crippen molar-refractivity contribution in [3.8, 4) is 0 Å². The van der Waals surface area contributed by atoms with Crippen LogP contribution >= 0.6 is 15.9 Å². The molecule has 1 N–H and O–H groups in total. The Hall–Kier alpha value is -0.680. The van der Waals surface area contributed by atoms with Crippen LogP contribution in [0, 0.1) is 11.6 Å². The van der Waals surface area contributed by atoms with E-state index in [1.165, 1.54) is 12.1 Å². The van der Waals surface area contributed by atoms with Gasteiger partial charge in [0.05, 0.1) is 0 Å². The number of benzene rings is 1. The monoisotopic (exact) mass is 292 g/mol. The van der Waals surface area contributed by atoms with E-state index in [1.807, 2.05) is 19.0 Å². The fourth-order valence-corrected chi connectivity index (χ4v) is 1.72. The van der Waals surface area contributed by atoms with Crippen LogP contribution < -0.4 is 5.32 Å². The molecule has 0 aliphatic carbocycles. The van der Waals surface area contributed by atoms with Crippen molar-refractivity contribution in [2.24, 2.45) is 0 Å². The minimum atomic E-state index is -0.572. The van der Waals surface area contributed by atoms with E-state index in [9.17, 15) is 8.78 Å². The van der Waals surface area contributed by atoms with Crippen molar-refractivity contribution in [3.63, 3.8) is 0 Å². The minimum absolute atomic E-state index is 0.0537. The van der Waals surface area contributed by atoms with Gasteiger partial charge in [-0.1, -0.05) is 15.9 Å². The lowest BCUT2D eigenvalue weighted by Crippen LogP contribution is -2.17. The molecule has 0 amide bonds. The van der Waals surface area contributed by atoms with Gasteiger partial charge in [-0.15, -0.1) is 0 Å². The van der Waals surface area contributed by atoms with Crippen LogP contribution in [0.5, 0.6) is 0 Å². The molecule has 0 unspecified atom stereocenters. The van der Waals surface area contributed by atoms with Gasteiger partial charge >= 0.3 is 0 Å². The second-order valence-electron chi connectivity index (χ2n) is 3.83. The first-order valence-electron chi connectivity index (χ1n) is 5.04. The summed E-state index contributed by atoms with van der Waals surface area (Å²) in [5.74, 6) is -1.14. The van der Waals surface area contributed by atoms with Crippen molar-refractivity contribution in [2.45, 2.75) is 6.42 Å². The zero-order valence-corrected chi connectivity index (χ0v) is 10.9. The summed E-state index contributed by atoms with van der Waals surface area (Å²) in [6, 6.07) is 2.49. The summed E-state index contributed by atoms with van der Waals surface area (Å²) in [6.45, 7) is 1.43. The first kappa shape index (κ1) is 13.4. The van der Waals surface area contributed by atoms with Crippen molar-refractivity contribution in [2.75, 3.05) is 32.5 Å². The summed E-state index contributed by atoms with van der Waals surface area (Å²) in [5, 5.41) is 2.77. The van der Waals surface area contributed by atoms with Gasteiger partial charge in [-0.3, -0.25) is 0 Å². The summed E-state index contributed by atoms with van der Waals surface area (Å²) in [7, 11) is 3.92. The van der Waals surface area contributed by atoms with Gasteiger partial charge in [0, 0.05) is 11.0 Å². The van der Waals surface area contributed by atoms with Crippen LogP contribution in [0.1, 0.15) is 6.42 Å². The average Bonchev–Trinajstić information content (AvgIpc) is 2.14. The second-order valence-corrected chi connectivity index (χ2v) is 4.74. The highest BCUT2D eigenvalue weighted by molar-refractivity contribution is 9.10. The fourth-order valence-electron chi connectivity index (χ4n) is 1.32. The summed E-state index contributed by atoms with van der Waals surface area (Å²) < 4.78 is 27.1. The van der Waals surface area contributed by atoms with Gasteiger partial charge in [0.15, 0.2) is 0 Å². The van der Waals surface area contributed by atoms with Crippen molar-refractivity contribution < 1.29 is 8.78 Å². The first-order valence-corrected chi connectivity index (χ1v) is 5.83. The molecule has 90 valence electrons. The molecule has 0 bridgehead atoms. The quantitative estimate of drug-likeness (QED) is 0.839. The van der Waals surface area contributed by atoms with Gasteiger partial charge in [-0.2, -0.15) is 0 Å². The molecule has 5 heteroatoms. The Morgan fingerprint density at radius 3 is 2.31 bits per heavy atom. The molecule has 0 aliphatic heterocycles. The van der Waals surface area contributed by atoms with Crippen LogP contribution in [-0.4, -0.2) is 32.1 Å². The van der Waals surface area contributed by atoms with E-state index in [0.717, 1.165) is 13.0 Å². The van der Waals surface area contributed by atoms with Crippen LogP contribution in [0.15, 0.2) is 16.6 Å². The molecule has 0 heterocycles. The van der Waals surface area contributed by atoms with E-state index in [4.69, 9.17) is 0 Å². The maximum absolute atomic E-state index is 13.4. The maximum atomic E-state index is 13.4. The number of anilines is 1. The molecular formula is C11H15BrF2N2. The molecule has 0 atom stereocenters. The van der Waals surface area contributed by atoms with Gasteiger partial charge in [0.25, 0.3) is 0 Å². The lowest BCUT2D eigenvalue weighted by atomic mass is 10.3. The Bertz CT molecular complexity index is 333. The van der Waals surface area contributed by atoms with E-state index < -0.39 is 11.6 Å². The molecule has 0 aliphatic rings. The molecule has 0 saturated heterocycles. The van der Waals surface area contributed by atoms with Crippen molar-refractivity contribution in [3.05, 3.63) is 28.2 Å². The van der Waals surface area contributed by atoms with Crippen LogP contribution in [-0.2, 0) is 0 Å². The number of halogens is 3. The SMILES string of the molecule is CN(C)CCCNc1c(F)cc(Br)cc1F. The zero-order valence-electron chi connectivity index (χ0n) is 9.36. The van der Waals surface area contributed by atoms with Crippen molar-refractivity contribution in [1.82, 2.24) is 4.90 Å². The number of nitrogens with zero attached hydrogens (tertiary/aromatic N) is 1. The molecule has 1 aromatic rings. The molecule has 0 aromatic heterocycles. The van der Waals surface area contributed by atoms with Gasteiger partial charge in [-0.05, 0) is 39.2 Å². The normalized spacial score (nSPS) is 10.9. The van der Waals surface area contributed by atoms with E-state index in [2.05, 4.69) is 21.2 Å². The molecule has 1 rings (SSSR count). The third-order valence-electron chi connectivity index (χ3n) is 2.09. The van der Waals surface area contributed by atoms with Gasteiger partial charge in [0.2, 0.25) is 0 Å². The third kappa shape index (κ3) is 4.06. The predicted octanol–water partition coefficient (Wildman–Crippen LogP) is 3.09. The van der Waals surface area contributed by atoms with Gasteiger partial charge < -0.3 is 10.2 Å². The number of hydrogen-bond donors (Lipinski definition) is 1. The second kappa shape index (κ2) is 6.15. The van der Waals surface area contributed by atoms with E-state index in [-0.39, 0.29) is 5.69 Å². The Morgan fingerprint density at radius 2 is 1.81 bits per heavy atom. The smallest absolute Gasteiger partial charge is 0.150 e. The molecular weight excluding hydrogens is 278 g/mol. The molecule has 1 aromatic carbocycles. The lowest BCUT2D eigenvalue weighted by Gasteiger charge is -2.11. The third-order valence-corrected chi connectivity index (χ3v) is 2.55. The van der Waals surface area contributed by atoms with Gasteiger partial charge in [0.1, 0.15) is 17.3 Å². The van der Waals surface area contributed by atoms with E-state index >= 15 is 0 Å². The zero-order chi connectivity index (χ0) is 12.1. The molecule has 0 fully saturated rings. The highest BCUT2D eigenvalue weighted by Crippen LogP contribution is 2.23. The summed E-state index contributed by atoms with van der Waals surface area (Å²) in [5.41, 5.74) is -0.0537. The minimum Gasteiger partial charge on any atom is -0.380 e. The number of nitrogens with one attached hydrogen (secondary N) is 1. The lowest BCUT2D eigenvalue weighted by molar-refractivity contribution is 0.405. The Labute approximate surface area is 103 Å². The molecule has 2 nitrogen and oxygen atoms in total. The van der Waals surface area contributed by atoms with Crippen molar-refractivity contribution in [1.29, 1.82) is 0 Å². The highest BCUT2D eigenvalue weighted by atomic mass is 79.9. The Balaban J connectivity index is 2.54. The summed E-state index contributed by atoms with van der Waals surface area (Å²) >= 11 is 3.03. The van der Waals surface area contributed by atoms with Crippen LogP contribution in [0.2, 0.25) is 0 Å². The average molecular weight is 293 g/mol. The first-order chi connectivity index (χ1) is 7.50. The van der Waals surface area contributed by atoms with Crippen molar-refractivity contribution >= 4 is 21.6 Å². The predicted molar refractivity (Wildman–Crippen MR) is 65.7 cm³/mol. The number of rotatable bonds is 5. The standard InChI is InChI=1S/C11H15BrF2N2/c1-16(2)5-3-4-15-11-9(13)6-8(12)7-10(11)14/h6-7,15H,3-5H2,1-2H3. The molecule has 0 saturated carbocycles. The Morgan fingerprint density at radius 1 is 1.25 bits per heavy atom. The van der Waals surface area contributed by atoms with E-state index in [1.54, 1.807) is 0 Å². The van der Waals surface area contributed by atoms with Gasteiger partial charge in [-0.25, -0.2) is 8.78 Å². The summed E-state index contributed by atoms with van der Waals surface area (Å²) in [4.78, 5) is 2.02. The molecule has 0 radical (unpaired) electrons. The molecule has 0 spiro atoms. The summed E-state index contributed by atoms with van der Waals surface area (Å²) in [6.07, 6.45) is 0.835. The van der Waals surface area contributed by atoms with Crippen LogP contribution in [0.4, 0.5) is 14.5 Å². The van der Waals surface area contributed by atoms with Crippen LogP contribution in [0.25, 0.3) is 0 Å². The Kier molecular flexibility index (Phi) is 5.15. The topological polar surface area (TPSA) is 15.3 Å².